The minimum absolute atomic E-state index is 0.0470. The number of rotatable bonds is 3. The number of ketones is 1. The van der Waals surface area contributed by atoms with Gasteiger partial charge in [0, 0.05) is 18.0 Å². The number of carbonyl (C=O) groups excluding carboxylic acids is 1. The van der Waals surface area contributed by atoms with E-state index in [0.29, 0.717) is 5.56 Å². The van der Waals surface area contributed by atoms with Crippen molar-refractivity contribution in [2.24, 2.45) is 0 Å². The maximum atomic E-state index is 12.3. The fraction of sp³-hybridized carbons (Fsp3) is 0.312. The van der Waals surface area contributed by atoms with Crippen molar-refractivity contribution < 1.29 is 4.79 Å². The van der Waals surface area contributed by atoms with Crippen LogP contribution in [-0.4, -0.2) is 15.3 Å². The molecule has 0 amide bonds. The van der Waals surface area contributed by atoms with E-state index in [1.54, 1.807) is 6.20 Å². The first-order valence-electron chi connectivity index (χ1n) is 6.81. The van der Waals surface area contributed by atoms with Gasteiger partial charge in [-0.15, -0.1) is 0 Å². The van der Waals surface area contributed by atoms with E-state index in [4.69, 9.17) is 0 Å². The van der Waals surface area contributed by atoms with Crippen LogP contribution >= 0.6 is 0 Å². The molecule has 0 saturated carbocycles. The summed E-state index contributed by atoms with van der Waals surface area (Å²) in [4.78, 5) is 27.7. The Morgan fingerprint density at radius 1 is 1.30 bits per heavy atom. The third-order valence-corrected chi connectivity index (χ3v) is 3.72. The minimum atomic E-state index is -0.384. The Labute approximate surface area is 117 Å². The molecule has 4 heteroatoms. The van der Waals surface area contributed by atoms with Gasteiger partial charge in [-0.3, -0.25) is 9.36 Å². The molecular formula is C16H16N2O2. The smallest absolute Gasteiger partial charge is 0.292 e. The Bertz CT molecular complexity index is 731. The summed E-state index contributed by atoms with van der Waals surface area (Å²) >= 11 is 0. The Morgan fingerprint density at radius 2 is 2.10 bits per heavy atom. The first-order chi connectivity index (χ1) is 9.63. The summed E-state index contributed by atoms with van der Waals surface area (Å²) in [6, 6.07) is 5.87. The van der Waals surface area contributed by atoms with Gasteiger partial charge in [0.2, 0.25) is 0 Å². The summed E-state index contributed by atoms with van der Waals surface area (Å²) in [5, 5.41) is 0. The fourth-order valence-electron chi connectivity index (χ4n) is 2.67. The Kier molecular flexibility index (Phi) is 3.22. The Hall–Kier alpha value is -2.23. The lowest BCUT2D eigenvalue weighted by Crippen LogP contribution is -2.26. The van der Waals surface area contributed by atoms with Gasteiger partial charge in [-0.1, -0.05) is 12.1 Å². The lowest BCUT2D eigenvalue weighted by Gasteiger charge is -2.07. The molecule has 1 heterocycles. The molecule has 0 bridgehead atoms. The van der Waals surface area contributed by atoms with Crippen LogP contribution in [0.5, 0.6) is 0 Å². The van der Waals surface area contributed by atoms with E-state index in [1.807, 2.05) is 25.1 Å². The molecule has 1 aliphatic carbocycles. The highest BCUT2D eigenvalue weighted by atomic mass is 16.2. The average Bonchev–Trinajstić information content (AvgIpc) is 2.90. The largest absolute Gasteiger partial charge is 0.347 e. The second-order valence-corrected chi connectivity index (χ2v) is 5.30. The maximum absolute atomic E-state index is 12.3. The van der Waals surface area contributed by atoms with E-state index in [9.17, 15) is 9.59 Å². The number of aryl methyl sites for hydroxylation is 3. The molecule has 1 aromatic carbocycles. The van der Waals surface area contributed by atoms with E-state index in [1.165, 1.54) is 21.9 Å². The summed E-state index contributed by atoms with van der Waals surface area (Å²) < 4.78 is 1.37. The number of fused-ring (bicyclic) bond motifs is 1. The Balaban J connectivity index is 1.86. The van der Waals surface area contributed by atoms with Crippen molar-refractivity contribution in [1.82, 2.24) is 9.55 Å². The number of benzene rings is 1. The molecule has 0 saturated heterocycles. The third kappa shape index (κ3) is 2.41. The second-order valence-electron chi connectivity index (χ2n) is 5.30. The molecule has 0 spiro atoms. The molecule has 3 rings (SSSR count). The van der Waals surface area contributed by atoms with E-state index in [-0.39, 0.29) is 18.0 Å². The zero-order chi connectivity index (χ0) is 14.1. The molecule has 1 aliphatic rings. The fourth-order valence-corrected chi connectivity index (χ4v) is 2.67. The van der Waals surface area contributed by atoms with Gasteiger partial charge in [0.05, 0.1) is 6.54 Å². The van der Waals surface area contributed by atoms with Gasteiger partial charge in [0.25, 0.3) is 0 Å². The van der Waals surface area contributed by atoms with Crippen LogP contribution in [0.1, 0.15) is 33.5 Å². The van der Waals surface area contributed by atoms with Crippen molar-refractivity contribution in [3.63, 3.8) is 0 Å². The standard InChI is InChI=1S/C16H16N2O2/c1-11-8-17-16(20)18(9-11)10-15(19)14-6-5-12-3-2-4-13(12)7-14/h5-9H,2-4,10H2,1H3. The summed E-state index contributed by atoms with van der Waals surface area (Å²) in [5.74, 6) is -0.0470. The van der Waals surface area contributed by atoms with Gasteiger partial charge in [-0.25, -0.2) is 9.78 Å². The molecule has 1 aromatic heterocycles. The van der Waals surface area contributed by atoms with E-state index in [0.717, 1.165) is 24.8 Å². The first kappa shape index (κ1) is 12.8. The molecular weight excluding hydrogens is 252 g/mol. The van der Waals surface area contributed by atoms with E-state index < -0.39 is 0 Å². The maximum Gasteiger partial charge on any atom is 0.347 e. The van der Waals surface area contributed by atoms with Crippen LogP contribution in [0.4, 0.5) is 0 Å². The normalized spacial score (nSPS) is 13.2. The van der Waals surface area contributed by atoms with Crippen LogP contribution in [-0.2, 0) is 19.4 Å². The number of hydrogen-bond donors (Lipinski definition) is 0. The molecule has 0 N–H and O–H groups in total. The first-order valence-corrected chi connectivity index (χ1v) is 6.81. The van der Waals surface area contributed by atoms with Crippen molar-refractivity contribution in [2.45, 2.75) is 32.7 Å². The number of hydrogen-bond acceptors (Lipinski definition) is 3. The van der Waals surface area contributed by atoms with Gasteiger partial charge in [-0.05, 0) is 48.9 Å². The highest BCUT2D eigenvalue weighted by Crippen LogP contribution is 2.23. The SMILES string of the molecule is Cc1cnc(=O)n(CC(=O)c2ccc3c(c2)CCC3)c1. The van der Waals surface area contributed by atoms with Gasteiger partial charge in [0.15, 0.2) is 5.78 Å². The molecule has 0 fully saturated rings. The quantitative estimate of drug-likeness (QED) is 0.799. The summed E-state index contributed by atoms with van der Waals surface area (Å²) in [5.41, 5.74) is 3.78. The van der Waals surface area contributed by atoms with Gasteiger partial charge in [0.1, 0.15) is 0 Å². The predicted octanol–water partition coefficient (Wildman–Crippen LogP) is 1.92. The lowest BCUT2D eigenvalue weighted by molar-refractivity contribution is 0.0970. The predicted molar refractivity (Wildman–Crippen MR) is 76.0 cm³/mol. The van der Waals surface area contributed by atoms with Gasteiger partial charge >= 0.3 is 5.69 Å². The summed E-state index contributed by atoms with van der Waals surface area (Å²) in [6.45, 7) is 1.90. The number of carbonyl (C=O) groups is 1. The van der Waals surface area contributed by atoms with Crippen LogP contribution < -0.4 is 5.69 Å². The number of Topliss-reactive ketones (excluding diaryl/α,β-unsaturated/α-hetero) is 1. The average molecular weight is 268 g/mol. The summed E-state index contributed by atoms with van der Waals surface area (Å²) in [6.07, 6.45) is 6.49. The molecule has 20 heavy (non-hydrogen) atoms. The Morgan fingerprint density at radius 3 is 2.95 bits per heavy atom. The van der Waals surface area contributed by atoms with Crippen LogP contribution in [0.3, 0.4) is 0 Å². The van der Waals surface area contributed by atoms with Crippen LogP contribution in [0.25, 0.3) is 0 Å². The second kappa shape index (κ2) is 5.04. The molecule has 2 aromatic rings. The minimum Gasteiger partial charge on any atom is -0.292 e. The monoisotopic (exact) mass is 268 g/mol. The van der Waals surface area contributed by atoms with Gasteiger partial charge < -0.3 is 0 Å². The van der Waals surface area contributed by atoms with E-state index >= 15 is 0 Å². The molecule has 0 aliphatic heterocycles. The lowest BCUT2D eigenvalue weighted by atomic mass is 10.0. The van der Waals surface area contributed by atoms with Crippen molar-refractivity contribution in [1.29, 1.82) is 0 Å². The van der Waals surface area contributed by atoms with Crippen LogP contribution in [0, 0.1) is 6.92 Å². The molecule has 4 nitrogen and oxygen atoms in total. The van der Waals surface area contributed by atoms with Crippen molar-refractivity contribution >= 4 is 5.78 Å². The molecule has 102 valence electrons. The van der Waals surface area contributed by atoms with E-state index in [2.05, 4.69) is 4.98 Å². The topological polar surface area (TPSA) is 52.0 Å². The molecule has 0 atom stereocenters. The molecule has 0 radical (unpaired) electrons. The van der Waals surface area contributed by atoms with Crippen LogP contribution in [0.2, 0.25) is 0 Å². The van der Waals surface area contributed by atoms with Gasteiger partial charge in [-0.2, -0.15) is 0 Å². The van der Waals surface area contributed by atoms with Crippen LogP contribution in [0.15, 0.2) is 35.4 Å². The van der Waals surface area contributed by atoms with Crippen molar-refractivity contribution in [3.05, 3.63) is 63.3 Å². The molecule has 0 unspecified atom stereocenters. The number of aromatic nitrogens is 2. The number of nitrogens with zero attached hydrogens (tertiary/aromatic N) is 2. The zero-order valence-electron chi connectivity index (χ0n) is 11.4. The highest BCUT2D eigenvalue weighted by molar-refractivity contribution is 5.96. The van der Waals surface area contributed by atoms with Crippen molar-refractivity contribution in [2.75, 3.05) is 0 Å². The third-order valence-electron chi connectivity index (χ3n) is 3.72. The zero-order valence-corrected chi connectivity index (χ0v) is 11.4. The highest BCUT2D eigenvalue weighted by Gasteiger charge is 2.14. The summed E-state index contributed by atoms with van der Waals surface area (Å²) in [7, 11) is 0. The van der Waals surface area contributed by atoms with Crippen molar-refractivity contribution in [3.8, 4) is 0 Å².